The number of benzene rings is 3. The number of furan rings is 1. The third kappa shape index (κ3) is 7.41. The Labute approximate surface area is 235 Å². The number of sulfonamides is 1. The van der Waals surface area contributed by atoms with Crippen molar-refractivity contribution in [2.24, 2.45) is 5.10 Å². The molecule has 0 fully saturated rings. The van der Waals surface area contributed by atoms with Gasteiger partial charge in [0.1, 0.15) is 17.3 Å². The molecule has 0 aliphatic rings. The zero-order valence-electron chi connectivity index (χ0n) is 21.2. The highest BCUT2D eigenvalue weighted by Gasteiger charge is 2.26. The molecule has 3 aromatic carbocycles. The van der Waals surface area contributed by atoms with Gasteiger partial charge in [-0.3, -0.25) is 9.59 Å². The monoisotopic (exact) mass is 582 g/mol. The second kappa shape index (κ2) is 12.7. The van der Waals surface area contributed by atoms with E-state index in [1.54, 1.807) is 6.07 Å². The fourth-order valence-electron chi connectivity index (χ4n) is 3.55. The van der Waals surface area contributed by atoms with Crippen LogP contribution in [0.2, 0.25) is 5.02 Å². The number of aryl methyl sites for hydroxylation is 1. The molecule has 0 saturated heterocycles. The zero-order chi connectivity index (χ0) is 28.7. The van der Waals surface area contributed by atoms with Gasteiger partial charge in [-0.15, -0.1) is 0 Å². The maximum absolute atomic E-state index is 13.7. The summed E-state index contributed by atoms with van der Waals surface area (Å²) in [4.78, 5) is 24.0. The minimum absolute atomic E-state index is 0.0775. The van der Waals surface area contributed by atoms with E-state index in [2.05, 4.69) is 10.4 Å². The highest BCUT2D eigenvalue weighted by atomic mass is 35.5. The molecule has 0 aliphatic heterocycles. The molecule has 0 atom stereocenters. The lowest BCUT2D eigenvalue weighted by Crippen LogP contribution is -2.32. The van der Waals surface area contributed by atoms with Crippen molar-refractivity contribution in [3.63, 3.8) is 0 Å². The minimum atomic E-state index is -3.93. The summed E-state index contributed by atoms with van der Waals surface area (Å²) in [7, 11) is -3.93. The molecule has 1 aromatic heterocycles. The number of hydrazone groups is 1. The number of halogens is 2. The predicted molar refractivity (Wildman–Crippen MR) is 149 cm³/mol. The smallest absolute Gasteiger partial charge is 0.329 e. The van der Waals surface area contributed by atoms with Crippen LogP contribution in [-0.2, 0) is 32.7 Å². The van der Waals surface area contributed by atoms with E-state index in [9.17, 15) is 22.4 Å². The molecule has 12 heteroatoms. The Hall–Kier alpha value is -4.32. The number of para-hydroxylation sites is 1. The van der Waals surface area contributed by atoms with Crippen LogP contribution in [0.5, 0.6) is 0 Å². The van der Waals surface area contributed by atoms with E-state index in [0.717, 1.165) is 23.4 Å². The van der Waals surface area contributed by atoms with Crippen LogP contribution >= 0.6 is 11.6 Å². The Morgan fingerprint density at radius 3 is 2.35 bits per heavy atom. The second-order valence-electron chi connectivity index (χ2n) is 8.65. The molecule has 206 valence electrons. The minimum Gasteiger partial charge on any atom is -0.459 e. The van der Waals surface area contributed by atoms with Crippen molar-refractivity contribution in [3.8, 4) is 0 Å². The number of anilines is 1. The van der Waals surface area contributed by atoms with Crippen LogP contribution in [-0.4, -0.2) is 30.8 Å². The molecule has 9 nitrogen and oxygen atoms in total. The fourth-order valence-corrected chi connectivity index (χ4v) is 5.07. The maximum atomic E-state index is 13.7. The van der Waals surface area contributed by atoms with Crippen LogP contribution in [0.15, 0.2) is 99.3 Å². The Kier molecular flexibility index (Phi) is 9.10. The van der Waals surface area contributed by atoms with Gasteiger partial charge >= 0.3 is 11.8 Å². The number of hydrogen-bond acceptors (Lipinski definition) is 6. The van der Waals surface area contributed by atoms with E-state index < -0.39 is 27.7 Å². The fraction of sp³-hybridized carbons (Fsp3) is 0.107. The lowest BCUT2D eigenvalue weighted by molar-refractivity contribution is -0.136. The summed E-state index contributed by atoms with van der Waals surface area (Å²) in [6.07, 6.45) is 1.15. The molecule has 4 aromatic rings. The molecule has 0 aliphatic carbocycles. The lowest BCUT2D eigenvalue weighted by Gasteiger charge is -2.21. The Morgan fingerprint density at radius 2 is 1.65 bits per heavy atom. The van der Waals surface area contributed by atoms with E-state index >= 15 is 0 Å². The van der Waals surface area contributed by atoms with Crippen LogP contribution in [0, 0.1) is 12.7 Å². The van der Waals surface area contributed by atoms with Crippen molar-refractivity contribution in [2.45, 2.75) is 24.9 Å². The number of hydrogen-bond donors (Lipinski definition) is 2. The first-order valence-electron chi connectivity index (χ1n) is 11.9. The SMILES string of the molecule is Cc1ccc(CN(Cc2ccc(/C=N/NC(=O)C(=O)Nc3ccccc3F)o2)S(=O)(=O)c2ccc(Cl)cc2)cc1. The Morgan fingerprint density at radius 1 is 0.950 bits per heavy atom. The largest absolute Gasteiger partial charge is 0.459 e. The zero-order valence-corrected chi connectivity index (χ0v) is 22.7. The summed E-state index contributed by atoms with van der Waals surface area (Å²) >= 11 is 5.94. The molecule has 40 heavy (non-hydrogen) atoms. The Balaban J connectivity index is 1.45. The van der Waals surface area contributed by atoms with Gasteiger partial charge in [-0.1, -0.05) is 53.6 Å². The normalized spacial score (nSPS) is 11.6. The molecule has 0 saturated carbocycles. The van der Waals surface area contributed by atoms with Crippen LogP contribution in [0.3, 0.4) is 0 Å². The van der Waals surface area contributed by atoms with E-state index in [0.29, 0.717) is 10.8 Å². The molecule has 0 unspecified atom stereocenters. The van der Waals surface area contributed by atoms with Gasteiger partial charge < -0.3 is 9.73 Å². The Bertz CT molecular complexity index is 1640. The average molecular weight is 583 g/mol. The summed E-state index contributed by atoms with van der Waals surface area (Å²) in [5, 5.41) is 6.24. The summed E-state index contributed by atoms with van der Waals surface area (Å²) in [6, 6.07) is 21.9. The molecule has 2 N–H and O–H groups in total. The van der Waals surface area contributed by atoms with Gasteiger partial charge in [-0.25, -0.2) is 18.2 Å². The van der Waals surface area contributed by atoms with Gasteiger partial charge in [-0.2, -0.15) is 9.41 Å². The molecule has 0 radical (unpaired) electrons. The van der Waals surface area contributed by atoms with Crippen LogP contribution in [0.1, 0.15) is 22.6 Å². The second-order valence-corrected chi connectivity index (χ2v) is 11.0. The third-order valence-corrected chi connectivity index (χ3v) is 7.69. The number of rotatable bonds is 9. The van der Waals surface area contributed by atoms with Crippen LogP contribution in [0.4, 0.5) is 10.1 Å². The molecular formula is C28H24ClFN4O5S. The highest BCUT2D eigenvalue weighted by Crippen LogP contribution is 2.23. The van der Waals surface area contributed by atoms with Crippen LogP contribution in [0.25, 0.3) is 0 Å². The number of nitrogens with zero attached hydrogens (tertiary/aromatic N) is 2. The first-order chi connectivity index (χ1) is 19.1. The van der Waals surface area contributed by atoms with Crippen molar-refractivity contribution in [1.29, 1.82) is 0 Å². The van der Waals surface area contributed by atoms with Crippen molar-refractivity contribution in [1.82, 2.24) is 9.73 Å². The first-order valence-corrected chi connectivity index (χ1v) is 13.7. The summed E-state index contributed by atoms with van der Waals surface area (Å²) < 4.78 is 47.6. The molecule has 2 amide bonds. The highest BCUT2D eigenvalue weighted by molar-refractivity contribution is 7.89. The van der Waals surface area contributed by atoms with Crippen molar-refractivity contribution in [3.05, 3.63) is 118 Å². The summed E-state index contributed by atoms with van der Waals surface area (Å²) in [5.74, 6) is -2.41. The van der Waals surface area contributed by atoms with Crippen LogP contribution < -0.4 is 10.7 Å². The predicted octanol–water partition coefficient (Wildman–Crippen LogP) is 4.86. The van der Waals surface area contributed by atoms with E-state index in [1.807, 2.05) is 36.6 Å². The summed E-state index contributed by atoms with van der Waals surface area (Å²) in [6.45, 7) is 1.93. The molecule has 4 rings (SSSR count). The topological polar surface area (TPSA) is 121 Å². The molecule has 0 bridgehead atoms. The molecule has 1 heterocycles. The van der Waals surface area contributed by atoms with Gasteiger partial charge in [0.05, 0.1) is 23.3 Å². The quantitative estimate of drug-likeness (QED) is 0.166. The lowest BCUT2D eigenvalue weighted by atomic mass is 10.1. The van der Waals surface area contributed by atoms with Crippen molar-refractivity contribution < 1.29 is 26.8 Å². The summed E-state index contributed by atoms with van der Waals surface area (Å²) in [5.41, 5.74) is 3.71. The van der Waals surface area contributed by atoms with Gasteiger partial charge in [-0.05, 0) is 61.0 Å². The molecule has 0 spiro atoms. The van der Waals surface area contributed by atoms with Crippen molar-refractivity contribution in [2.75, 3.05) is 5.32 Å². The van der Waals surface area contributed by atoms with E-state index in [-0.39, 0.29) is 29.4 Å². The van der Waals surface area contributed by atoms with Gasteiger partial charge in [0, 0.05) is 11.6 Å². The van der Waals surface area contributed by atoms with Gasteiger partial charge in [0.2, 0.25) is 10.0 Å². The standard InChI is InChI=1S/C28H24ClFN4O5S/c1-19-6-8-20(9-7-19)17-34(40(37,38)24-14-10-21(29)11-15-24)18-23-13-12-22(39-23)16-31-33-28(36)27(35)32-26-5-3-2-4-25(26)30/h2-16H,17-18H2,1H3,(H,32,35)(H,33,36)/b31-16+. The maximum Gasteiger partial charge on any atom is 0.329 e. The number of nitrogens with one attached hydrogen (secondary N) is 2. The van der Waals surface area contributed by atoms with Crippen molar-refractivity contribution >= 4 is 45.3 Å². The number of carbonyl (C=O) groups excluding carboxylic acids is 2. The first kappa shape index (κ1) is 28.7. The van der Waals surface area contributed by atoms with Gasteiger partial charge in [0.25, 0.3) is 0 Å². The number of carbonyl (C=O) groups is 2. The molecular weight excluding hydrogens is 559 g/mol. The average Bonchev–Trinajstić information content (AvgIpc) is 3.38. The van der Waals surface area contributed by atoms with E-state index in [4.69, 9.17) is 16.0 Å². The van der Waals surface area contributed by atoms with E-state index in [1.165, 1.54) is 52.8 Å². The van der Waals surface area contributed by atoms with Gasteiger partial charge in [0.15, 0.2) is 0 Å². The third-order valence-electron chi connectivity index (χ3n) is 5.63. The number of amides is 2.